The zero-order valence-electron chi connectivity index (χ0n) is 20.0. The number of hydrogen-bond acceptors (Lipinski definition) is 4. The van der Waals surface area contributed by atoms with E-state index in [9.17, 15) is 31.1 Å². The maximum atomic E-state index is 14.4. The van der Waals surface area contributed by atoms with Gasteiger partial charge in [0.1, 0.15) is 24.0 Å². The molecule has 3 aromatic carbocycles. The van der Waals surface area contributed by atoms with Crippen molar-refractivity contribution < 1.29 is 31.1 Å². The van der Waals surface area contributed by atoms with Gasteiger partial charge in [-0.3, -0.25) is 9.48 Å². The van der Waals surface area contributed by atoms with Gasteiger partial charge in [-0.05, 0) is 47.9 Å². The number of hydrogen-bond donors (Lipinski definition) is 2. The van der Waals surface area contributed by atoms with Crippen LogP contribution in [0.5, 0.6) is 0 Å². The Morgan fingerprint density at radius 1 is 1.00 bits per heavy atom. The van der Waals surface area contributed by atoms with Gasteiger partial charge in [-0.15, -0.1) is 0 Å². The Kier molecular flexibility index (Phi) is 6.29. The van der Waals surface area contributed by atoms with Crippen molar-refractivity contribution in [3.63, 3.8) is 0 Å². The minimum atomic E-state index is -2.97. The molecule has 6 rings (SSSR count). The maximum Gasteiger partial charge on any atom is 0.264 e. The van der Waals surface area contributed by atoms with Crippen molar-refractivity contribution in [1.82, 2.24) is 20.1 Å². The molecule has 204 valence electrons. The lowest BCUT2D eigenvalue weighted by Gasteiger charge is -2.19. The summed E-state index contributed by atoms with van der Waals surface area (Å²) < 4.78 is 83.6. The van der Waals surface area contributed by atoms with E-state index in [4.69, 9.17) is 11.6 Å². The Morgan fingerprint density at radius 2 is 1.80 bits per heavy atom. The molecule has 40 heavy (non-hydrogen) atoms. The molecular formula is C27H16ClF6N5O. The van der Waals surface area contributed by atoms with Crippen LogP contribution in [-0.2, 0) is 6.54 Å². The zero-order chi connectivity index (χ0) is 28.3. The van der Waals surface area contributed by atoms with Crippen molar-refractivity contribution in [1.29, 1.82) is 0 Å². The van der Waals surface area contributed by atoms with Crippen molar-refractivity contribution in [2.24, 2.45) is 0 Å². The van der Waals surface area contributed by atoms with Crippen LogP contribution in [0.2, 0.25) is 5.02 Å². The molecule has 5 aromatic rings. The quantitative estimate of drug-likeness (QED) is 0.209. The number of halogens is 7. The molecule has 0 saturated heterocycles. The number of carbonyl (C=O) groups is 1. The monoisotopic (exact) mass is 575 g/mol. The largest absolute Gasteiger partial charge is 0.341 e. The number of nitrogens with zero attached hydrogens (tertiary/aromatic N) is 3. The number of fused-ring (bicyclic) bond motifs is 4. The van der Waals surface area contributed by atoms with Gasteiger partial charge in [0.25, 0.3) is 18.8 Å². The highest BCUT2D eigenvalue weighted by Gasteiger charge is 2.37. The van der Waals surface area contributed by atoms with Crippen LogP contribution >= 0.6 is 11.6 Å². The molecule has 0 saturated carbocycles. The Balaban J connectivity index is 1.61. The second kappa shape index (κ2) is 9.70. The number of aromatic nitrogens is 3. The Hall–Kier alpha value is -4.32. The summed E-state index contributed by atoms with van der Waals surface area (Å²) in [5, 5.41) is 10.2. The first-order valence-electron chi connectivity index (χ1n) is 11.8. The lowest BCUT2D eigenvalue weighted by Crippen LogP contribution is -2.20. The minimum absolute atomic E-state index is 0.0188. The van der Waals surface area contributed by atoms with Gasteiger partial charge in [-0.25, -0.2) is 31.3 Å². The fourth-order valence-corrected chi connectivity index (χ4v) is 5.31. The van der Waals surface area contributed by atoms with Crippen molar-refractivity contribution in [3.05, 3.63) is 93.8 Å². The number of carbonyl (C=O) groups excluding carboxylic acids is 1. The van der Waals surface area contributed by atoms with Crippen LogP contribution in [-0.4, -0.2) is 27.1 Å². The van der Waals surface area contributed by atoms with E-state index >= 15 is 0 Å². The molecule has 0 aliphatic carbocycles. The highest BCUT2D eigenvalue weighted by atomic mass is 35.5. The third kappa shape index (κ3) is 4.28. The molecule has 2 aromatic heterocycles. The smallest absolute Gasteiger partial charge is 0.264 e. The average Bonchev–Trinajstić information content (AvgIpc) is 3.45. The molecular weight excluding hydrogens is 560 g/mol. The number of rotatable bonds is 6. The van der Waals surface area contributed by atoms with E-state index in [-0.39, 0.29) is 54.9 Å². The van der Waals surface area contributed by atoms with Crippen molar-refractivity contribution >= 4 is 50.7 Å². The summed E-state index contributed by atoms with van der Waals surface area (Å²) in [7, 11) is 0. The van der Waals surface area contributed by atoms with Crippen LogP contribution in [0.1, 0.15) is 39.5 Å². The third-order valence-corrected chi connectivity index (χ3v) is 7.07. The van der Waals surface area contributed by atoms with Crippen LogP contribution < -0.4 is 10.6 Å². The van der Waals surface area contributed by atoms with Crippen LogP contribution in [0.3, 0.4) is 0 Å². The van der Waals surface area contributed by atoms with Crippen LogP contribution in [0.4, 0.5) is 37.8 Å². The van der Waals surface area contributed by atoms with E-state index in [1.165, 1.54) is 30.6 Å². The molecule has 1 atom stereocenters. The molecule has 13 heteroatoms. The van der Waals surface area contributed by atoms with Crippen molar-refractivity contribution in [2.45, 2.75) is 25.4 Å². The second-order valence-electron chi connectivity index (χ2n) is 9.11. The summed E-state index contributed by atoms with van der Waals surface area (Å²) >= 11 is 6.36. The van der Waals surface area contributed by atoms with E-state index in [0.717, 1.165) is 28.9 Å². The highest BCUT2D eigenvalue weighted by molar-refractivity contribution is 6.31. The molecule has 1 aliphatic rings. The van der Waals surface area contributed by atoms with Gasteiger partial charge in [0.05, 0.1) is 23.3 Å². The third-order valence-electron chi connectivity index (χ3n) is 6.73. The normalized spacial score (nSPS) is 14.9. The van der Waals surface area contributed by atoms with Crippen molar-refractivity contribution in [3.8, 4) is 0 Å². The summed E-state index contributed by atoms with van der Waals surface area (Å²) in [4.78, 5) is 17.5. The highest BCUT2D eigenvalue weighted by Crippen LogP contribution is 2.44. The van der Waals surface area contributed by atoms with Gasteiger partial charge in [-0.2, -0.15) is 5.10 Å². The molecule has 1 unspecified atom stereocenters. The van der Waals surface area contributed by atoms with Crippen molar-refractivity contribution in [2.75, 3.05) is 5.32 Å². The molecule has 0 radical (unpaired) electrons. The average molecular weight is 576 g/mol. The second-order valence-corrected chi connectivity index (χ2v) is 9.52. The molecule has 2 N–H and O–H groups in total. The number of pyridine rings is 1. The summed E-state index contributed by atoms with van der Waals surface area (Å²) in [5.74, 6) is -2.17. The van der Waals surface area contributed by atoms with Gasteiger partial charge in [0.15, 0.2) is 0 Å². The summed E-state index contributed by atoms with van der Waals surface area (Å²) in [5.41, 5.74) is 0.328. The van der Waals surface area contributed by atoms with Crippen LogP contribution in [0.25, 0.3) is 21.7 Å². The predicted octanol–water partition coefficient (Wildman–Crippen LogP) is 7.30. The van der Waals surface area contributed by atoms with Gasteiger partial charge in [-0.1, -0.05) is 11.6 Å². The van der Waals surface area contributed by atoms with E-state index in [1.807, 2.05) is 0 Å². The van der Waals surface area contributed by atoms with E-state index in [1.54, 1.807) is 0 Å². The first-order chi connectivity index (χ1) is 19.1. The molecule has 0 fully saturated rings. The SMILES string of the molecule is O=C1NC(c2cc(F)ccc2Cl)c2c(Nc3nccc4c(C(F)F)cc(F)cc34)cc3c(cnn3CC(F)F)c21. The number of benzene rings is 3. The maximum absolute atomic E-state index is 14.4. The van der Waals surface area contributed by atoms with Crippen LogP contribution in [0, 0.1) is 11.6 Å². The van der Waals surface area contributed by atoms with Crippen LogP contribution in [0.15, 0.2) is 54.9 Å². The fourth-order valence-electron chi connectivity index (χ4n) is 5.09. The molecule has 1 aliphatic heterocycles. The number of nitrogens with one attached hydrogen (secondary N) is 2. The Morgan fingerprint density at radius 3 is 2.55 bits per heavy atom. The molecule has 6 nitrogen and oxygen atoms in total. The Labute approximate surface area is 226 Å². The lowest BCUT2D eigenvalue weighted by molar-refractivity contribution is 0.0961. The molecule has 1 amide bonds. The summed E-state index contributed by atoms with van der Waals surface area (Å²) in [6, 6.07) is 7.15. The number of amides is 1. The van der Waals surface area contributed by atoms with E-state index in [0.29, 0.717) is 0 Å². The zero-order valence-corrected chi connectivity index (χ0v) is 20.8. The topological polar surface area (TPSA) is 71.8 Å². The van der Waals surface area contributed by atoms with Gasteiger partial charge >= 0.3 is 0 Å². The first kappa shape index (κ1) is 25.9. The van der Waals surface area contributed by atoms with Gasteiger partial charge in [0, 0.05) is 44.4 Å². The summed E-state index contributed by atoms with van der Waals surface area (Å²) in [6.07, 6.45) is -3.20. The minimum Gasteiger partial charge on any atom is -0.341 e. The number of anilines is 2. The predicted molar refractivity (Wildman–Crippen MR) is 136 cm³/mol. The first-order valence-corrected chi connectivity index (χ1v) is 12.2. The van der Waals surface area contributed by atoms with Gasteiger partial charge in [0.2, 0.25) is 0 Å². The van der Waals surface area contributed by atoms with E-state index < -0.39 is 48.5 Å². The lowest BCUT2D eigenvalue weighted by atomic mass is 9.94. The molecule has 3 heterocycles. The number of alkyl halides is 4. The molecule has 0 spiro atoms. The summed E-state index contributed by atoms with van der Waals surface area (Å²) in [6.45, 7) is -0.766. The standard InChI is InChI=1S/C27H16ClF6N5O/c28-18-2-1-11(29)5-16(18)24-23-19(8-20-17(22(23)27(40)38-24)9-36-39(20)10-21(31)32)37-26-15-7-12(30)6-14(25(33)34)13(15)3-4-35-26/h1-9,21,24-25H,10H2,(H,35,37)(H,38,40). The van der Waals surface area contributed by atoms with E-state index in [2.05, 4.69) is 20.7 Å². The molecule has 0 bridgehead atoms. The van der Waals surface area contributed by atoms with Gasteiger partial charge < -0.3 is 10.6 Å². The fraction of sp³-hybridized carbons (Fsp3) is 0.148. The Bertz CT molecular complexity index is 1830.